The Labute approximate surface area is 246 Å². The molecule has 0 amide bonds. The van der Waals surface area contributed by atoms with Crippen LogP contribution in [0.1, 0.15) is 72.6 Å². The van der Waals surface area contributed by atoms with Crippen molar-refractivity contribution >= 4 is 23.5 Å². The number of hydrogen-bond acceptors (Lipinski definition) is 8. The van der Waals surface area contributed by atoms with E-state index in [9.17, 15) is 29.4 Å². The van der Waals surface area contributed by atoms with Crippen LogP contribution in [0.5, 0.6) is 0 Å². The van der Waals surface area contributed by atoms with Gasteiger partial charge in [0.25, 0.3) is 0 Å². The number of carboxylic acid groups (broad SMARTS) is 1. The average Bonchev–Trinajstić information content (AvgIpc) is 3.47. The summed E-state index contributed by atoms with van der Waals surface area (Å²) in [6, 6.07) is 0. The molecule has 0 aromatic heterocycles. The van der Waals surface area contributed by atoms with Crippen LogP contribution in [0.3, 0.4) is 0 Å². The number of carbonyl (C=O) groups is 4. The molecule has 10 heteroatoms. The number of aliphatic carboxylic acids is 1. The molecule has 1 aliphatic heterocycles. The van der Waals surface area contributed by atoms with Gasteiger partial charge in [-0.2, -0.15) is 0 Å². The van der Waals surface area contributed by atoms with E-state index >= 15 is 4.39 Å². The van der Waals surface area contributed by atoms with Crippen LogP contribution < -0.4 is 0 Å². The van der Waals surface area contributed by atoms with Gasteiger partial charge in [0.05, 0.1) is 24.0 Å². The van der Waals surface area contributed by atoms with E-state index in [2.05, 4.69) is 6.58 Å². The molecule has 232 valence electrons. The Kier molecular flexibility index (Phi) is 9.31. The zero-order chi connectivity index (χ0) is 31.0. The molecule has 3 fully saturated rings. The van der Waals surface area contributed by atoms with Crippen molar-refractivity contribution in [2.24, 2.45) is 29.1 Å². The highest BCUT2D eigenvalue weighted by atomic mass is 19.1. The quantitative estimate of drug-likeness (QED) is 0.252. The van der Waals surface area contributed by atoms with Crippen molar-refractivity contribution < 1.29 is 48.0 Å². The summed E-state index contributed by atoms with van der Waals surface area (Å²) in [5, 5.41) is 20.5. The highest BCUT2D eigenvalue weighted by molar-refractivity contribution is 6.01. The Bertz CT molecular complexity index is 1180. The minimum absolute atomic E-state index is 0.00630. The zero-order valence-electron chi connectivity index (χ0n) is 24.8. The fourth-order valence-corrected chi connectivity index (χ4v) is 7.48. The summed E-state index contributed by atoms with van der Waals surface area (Å²) in [5.74, 6) is -5.76. The molecule has 1 heterocycles. The van der Waals surface area contributed by atoms with Crippen LogP contribution in [0.2, 0.25) is 0 Å². The predicted octanol–water partition coefficient (Wildman–Crippen LogP) is 4.27. The standard InChI is InChI=1S/C32H43FO9/c1-6-8-24(35)32(33)23(11-10-21-15-22(34)12-13-30(21,32)5)20-14-26-31(16-20,42-27(41-26)9-7-2)25(36)17-40-29(39)19(4)18(3)28(37)38/h6,12-13,15,18-20,23-24,26-27,35H,1,7-11,14,16-17H2,2-5H3,(H,37,38)/t18?,19?,20-,23?,24+,26-,27?,30+,31-,32+/m1/s1. The topological polar surface area (TPSA) is 136 Å². The molecule has 2 N–H and O–H groups in total. The molecular weight excluding hydrogens is 547 g/mol. The number of halogens is 1. The summed E-state index contributed by atoms with van der Waals surface area (Å²) in [4.78, 5) is 49.8. The highest BCUT2D eigenvalue weighted by Crippen LogP contribution is 2.62. The van der Waals surface area contributed by atoms with Gasteiger partial charge in [0.2, 0.25) is 5.78 Å². The van der Waals surface area contributed by atoms with Crippen LogP contribution in [-0.2, 0) is 33.4 Å². The van der Waals surface area contributed by atoms with E-state index in [-0.39, 0.29) is 18.6 Å². The van der Waals surface area contributed by atoms with Crippen LogP contribution in [-0.4, -0.2) is 70.1 Å². The molecule has 0 bridgehead atoms. The molecular formula is C32H43FO9. The third-order valence-electron chi connectivity index (χ3n) is 10.2. The van der Waals surface area contributed by atoms with Gasteiger partial charge in [-0.15, -0.1) is 6.58 Å². The Balaban J connectivity index is 1.62. The van der Waals surface area contributed by atoms with E-state index in [1.54, 1.807) is 13.0 Å². The molecule has 4 rings (SSSR count). The number of aliphatic hydroxyl groups is 1. The Morgan fingerprint density at radius 3 is 2.64 bits per heavy atom. The van der Waals surface area contributed by atoms with Crippen molar-refractivity contribution in [3.63, 3.8) is 0 Å². The van der Waals surface area contributed by atoms with Gasteiger partial charge in [-0.1, -0.05) is 44.9 Å². The van der Waals surface area contributed by atoms with E-state index in [0.717, 1.165) is 6.42 Å². The van der Waals surface area contributed by atoms with E-state index < -0.39 is 83.2 Å². The van der Waals surface area contributed by atoms with E-state index in [1.165, 1.54) is 32.1 Å². The number of hydrogen-bond donors (Lipinski definition) is 2. The molecule has 0 aromatic carbocycles. The lowest BCUT2D eigenvalue weighted by molar-refractivity contribution is -0.166. The fourth-order valence-electron chi connectivity index (χ4n) is 7.48. The summed E-state index contributed by atoms with van der Waals surface area (Å²) in [7, 11) is 0. The lowest BCUT2D eigenvalue weighted by Crippen LogP contribution is -2.61. The normalized spacial score (nSPS) is 37.7. The minimum atomic E-state index is -2.17. The predicted molar refractivity (Wildman–Crippen MR) is 150 cm³/mol. The van der Waals surface area contributed by atoms with Crippen molar-refractivity contribution in [3.8, 4) is 0 Å². The molecule has 0 aromatic rings. The first-order chi connectivity index (χ1) is 19.7. The Morgan fingerprint density at radius 2 is 2.00 bits per heavy atom. The summed E-state index contributed by atoms with van der Waals surface area (Å²) in [6.07, 6.45) is 5.62. The van der Waals surface area contributed by atoms with Crippen molar-refractivity contribution in [1.82, 2.24) is 0 Å². The summed E-state index contributed by atoms with van der Waals surface area (Å²) < 4.78 is 35.4. The van der Waals surface area contributed by atoms with Crippen molar-refractivity contribution in [1.29, 1.82) is 0 Å². The van der Waals surface area contributed by atoms with Crippen LogP contribution in [0.25, 0.3) is 0 Å². The lowest BCUT2D eigenvalue weighted by atomic mass is 9.52. The first-order valence-electron chi connectivity index (χ1n) is 14.9. The van der Waals surface area contributed by atoms with Crippen LogP contribution in [0.4, 0.5) is 4.39 Å². The highest BCUT2D eigenvalue weighted by Gasteiger charge is 2.68. The maximum Gasteiger partial charge on any atom is 0.309 e. The first kappa shape index (κ1) is 32.2. The lowest BCUT2D eigenvalue weighted by Gasteiger charge is -2.55. The second-order valence-corrected chi connectivity index (χ2v) is 12.6. The second kappa shape index (κ2) is 12.1. The van der Waals surface area contributed by atoms with Crippen molar-refractivity contribution in [3.05, 3.63) is 36.5 Å². The summed E-state index contributed by atoms with van der Waals surface area (Å²) >= 11 is 0. The van der Waals surface area contributed by atoms with E-state index in [4.69, 9.17) is 14.2 Å². The molecule has 4 unspecified atom stereocenters. The Hall–Kier alpha value is -2.69. The third kappa shape index (κ3) is 5.30. The summed E-state index contributed by atoms with van der Waals surface area (Å²) in [6.45, 7) is 9.55. The molecule has 3 aliphatic carbocycles. The number of rotatable bonds is 12. The van der Waals surface area contributed by atoms with Gasteiger partial charge >= 0.3 is 11.9 Å². The minimum Gasteiger partial charge on any atom is -0.481 e. The van der Waals surface area contributed by atoms with Gasteiger partial charge in [0, 0.05) is 11.3 Å². The van der Waals surface area contributed by atoms with Gasteiger partial charge in [-0.3, -0.25) is 19.2 Å². The SMILES string of the molecule is C=CC[C@H](O)[C@@]1(F)C([C@@H]2C[C@H]3OC(CCC)O[C@@]3(C(=O)COC(=O)C(C)C(C)C(=O)O)C2)CCC2=CC(=O)C=C[C@@]21C. The molecule has 1 saturated heterocycles. The van der Waals surface area contributed by atoms with Crippen molar-refractivity contribution in [2.75, 3.05) is 6.61 Å². The monoisotopic (exact) mass is 590 g/mol. The number of carboxylic acids is 1. The summed E-state index contributed by atoms with van der Waals surface area (Å²) in [5.41, 5.74) is -4.24. The maximum atomic E-state index is 17.7. The van der Waals surface area contributed by atoms with E-state index in [1.807, 2.05) is 6.92 Å². The van der Waals surface area contributed by atoms with Gasteiger partial charge in [-0.25, -0.2) is 4.39 Å². The molecule has 2 saturated carbocycles. The van der Waals surface area contributed by atoms with Gasteiger partial charge in [0.15, 0.2) is 29.9 Å². The number of Topliss-reactive ketones (excluding diaryl/α,β-unsaturated/α-hetero) is 1. The number of fused-ring (bicyclic) bond motifs is 2. The number of allylic oxidation sites excluding steroid dienone is 4. The first-order valence-corrected chi connectivity index (χ1v) is 14.9. The van der Waals surface area contributed by atoms with Gasteiger partial charge < -0.3 is 24.4 Å². The second-order valence-electron chi connectivity index (χ2n) is 12.6. The van der Waals surface area contributed by atoms with Crippen LogP contribution in [0, 0.1) is 29.1 Å². The average molecular weight is 591 g/mol. The maximum absolute atomic E-state index is 17.7. The van der Waals surface area contributed by atoms with Gasteiger partial charge in [-0.05, 0) is 63.5 Å². The number of alkyl halides is 1. The number of aliphatic hydroxyl groups excluding tert-OH is 1. The number of esters is 1. The molecule has 4 aliphatic rings. The number of ketones is 2. The van der Waals surface area contributed by atoms with E-state index in [0.29, 0.717) is 31.3 Å². The van der Waals surface area contributed by atoms with Crippen LogP contribution >= 0.6 is 0 Å². The smallest absolute Gasteiger partial charge is 0.309 e. The Morgan fingerprint density at radius 1 is 1.29 bits per heavy atom. The fraction of sp³-hybridized carbons (Fsp3) is 0.688. The number of carbonyl (C=O) groups excluding carboxylic acids is 3. The molecule has 0 spiro atoms. The number of ether oxygens (including phenoxy) is 3. The molecule has 9 nitrogen and oxygen atoms in total. The third-order valence-corrected chi connectivity index (χ3v) is 10.2. The zero-order valence-corrected chi connectivity index (χ0v) is 24.8. The molecule has 10 atom stereocenters. The van der Waals surface area contributed by atoms with Crippen LogP contribution in [0.15, 0.2) is 36.5 Å². The van der Waals surface area contributed by atoms with Crippen molar-refractivity contribution in [2.45, 2.75) is 102 Å². The molecule has 42 heavy (non-hydrogen) atoms. The molecule has 0 radical (unpaired) electrons. The van der Waals surface area contributed by atoms with Gasteiger partial charge in [0.1, 0.15) is 0 Å². The largest absolute Gasteiger partial charge is 0.481 e.